The van der Waals surface area contributed by atoms with Crippen molar-refractivity contribution in [3.05, 3.63) is 34.9 Å². The molecule has 3 heterocycles. The summed E-state index contributed by atoms with van der Waals surface area (Å²) >= 11 is 7.66. The van der Waals surface area contributed by atoms with Gasteiger partial charge in [0.2, 0.25) is 5.69 Å². The molecule has 1 aromatic heterocycles. The van der Waals surface area contributed by atoms with Gasteiger partial charge in [-0.25, -0.2) is 4.79 Å². The number of rotatable bonds is 5. The fourth-order valence-electron chi connectivity index (χ4n) is 4.59. The molecule has 4 rings (SSSR count). The summed E-state index contributed by atoms with van der Waals surface area (Å²) < 4.78 is 20.5. The Hall–Kier alpha value is -0.700. The molecule has 3 fully saturated rings. The zero-order valence-corrected chi connectivity index (χ0v) is 20.2. The topological polar surface area (TPSA) is 88.6 Å². The van der Waals surface area contributed by atoms with Gasteiger partial charge < -0.3 is 19.5 Å². The Balaban J connectivity index is 1.48. The van der Waals surface area contributed by atoms with Crippen molar-refractivity contribution in [3.63, 3.8) is 0 Å². The van der Waals surface area contributed by atoms with Crippen LogP contribution in [0, 0.1) is 5.92 Å². The first-order chi connectivity index (χ1) is 14.1. The first-order valence-corrected chi connectivity index (χ1v) is 14.5. The average molecular weight is 472 g/mol. The molecule has 30 heavy (non-hydrogen) atoms. The second-order valence-corrected chi connectivity index (χ2v) is 15.3. The molecule has 0 aromatic carbocycles. The summed E-state index contributed by atoms with van der Waals surface area (Å²) in [5.41, 5.74) is 3.88. The van der Waals surface area contributed by atoms with E-state index in [-0.39, 0.29) is 28.9 Å². The van der Waals surface area contributed by atoms with Crippen molar-refractivity contribution in [2.24, 2.45) is 5.92 Å². The van der Waals surface area contributed by atoms with Crippen LogP contribution in [0.2, 0.25) is 0 Å². The van der Waals surface area contributed by atoms with Crippen LogP contribution < -0.4 is 11.4 Å². The van der Waals surface area contributed by atoms with Gasteiger partial charge in [0.05, 0.1) is 18.3 Å². The number of nitrogens with two attached hydrogens (primary N) is 1. The number of hydrogen-bond donors (Lipinski definition) is 1. The SMILES string of the molecule is C=C(C)[C@H]1CC[C@@]2(C)S[P@](=S)(O[C@H]3C[C@H](n4ccc(N)nc4=O)O[C@@H]3CC)O[C@@H]2C1. The molecule has 3 aliphatic rings. The van der Waals surface area contributed by atoms with E-state index in [0.29, 0.717) is 12.3 Å². The monoisotopic (exact) mass is 471 g/mol. The number of hydrogen-bond acceptors (Lipinski definition) is 8. The molecule has 10 heteroatoms. The predicted molar refractivity (Wildman–Crippen MR) is 124 cm³/mol. The molecule has 2 aliphatic heterocycles. The molecule has 166 valence electrons. The van der Waals surface area contributed by atoms with Crippen LogP contribution in [0.3, 0.4) is 0 Å². The maximum absolute atomic E-state index is 12.2. The summed E-state index contributed by atoms with van der Waals surface area (Å²) in [7, 11) is 0. The number of anilines is 1. The standard InChI is InChI=1S/C20H30N3O4PS2/c1-5-14-15(11-18(25-14)23-9-7-17(21)22-19(23)24)26-28(29)27-16-10-13(12(2)3)6-8-20(16,4)30-28/h7,9,13-16,18H,2,5-6,8,10-11H2,1,3-4H3,(H2,21,22,24)/t13-,14+,15-,16+,18+,20+,28+/m0/s1. The van der Waals surface area contributed by atoms with Gasteiger partial charge in [0.15, 0.2) is 0 Å². The third-order valence-electron chi connectivity index (χ3n) is 6.45. The fraction of sp³-hybridized carbons (Fsp3) is 0.700. The van der Waals surface area contributed by atoms with Crippen LogP contribution >= 0.6 is 17.1 Å². The Labute approximate surface area is 186 Å². The number of nitrogen functional groups attached to an aromatic ring is 1. The van der Waals surface area contributed by atoms with Crippen molar-refractivity contribution in [3.8, 4) is 0 Å². The van der Waals surface area contributed by atoms with Crippen LogP contribution in [0.4, 0.5) is 5.82 Å². The van der Waals surface area contributed by atoms with E-state index in [1.807, 2.05) is 6.92 Å². The van der Waals surface area contributed by atoms with Crippen molar-refractivity contribution in [2.45, 2.75) is 82.2 Å². The summed E-state index contributed by atoms with van der Waals surface area (Å²) in [6.45, 7) is 10.5. The van der Waals surface area contributed by atoms with Gasteiger partial charge in [-0.3, -0.25) is 4.57 Å². The van der Waals surface area contributed by atoms with Gasteiger partial charge >= 0.3 is 5.69 Å². The molecule has 0 bridgehead atoms. The summed E-state index contributed by atoms with van der Waals surface area (Å²) in [6, 6.07) is 1.60. The molecule has 0 spiro atoms. The van der Waals surface area contributed by atoms with Gasteiger partial charge in [-0.2, -0.15) is 4.98 Å². The van der Waals surface area contributed by atoms with Crippen LogP contribution in [0.5, 0.6) is 0 Å². The maximum Gasteiger partial charge on any atom is 0.351 e. The Morgan fingerprint density at radius 3 is 3.00 bits per heavy atom. The molecule has 0 radical (unpaired) electrons. The van der Waals surface area contributed by atoms with Crippen LogP contribution in [0.1, 0.15) is 59.1 Å². The van der Waals surface area contributed by atoms with Gasteiger partial charge in [-0.1, -0.05) is 30.5 Å². The smallest absolute Gasteiger partial charge is 0.351 e. The van der Waals surface area contributed by atoms with Gasteiger partial charge in [0.25, 0.3) is 0 Å². The Kier molecular flexibility index (Phi) is 6.25. The minimum absolute atomic E-state index is 0.0140. The first kappa shape index (κ1) is 22.5. The van der Waals surface area contributed by atoms with Crippen LogP contribution in [0.15, 0.2) is 29.2 Å². The second kappa shape index (κ2) is 8.34. The number of fused-ring (bicyclic) bond motifs is 1. The summed E-state index contributed by atoms with van der Waals surface area (Å²) in [4.78, 5) is 16.0. The lowest BCUT2D eigenvalue weighted by Crippen LogP contribution is -2.39. The van der Waals surface area contributed by atoms with E-state index in [4.69, 9.17) is 31.3 Å². The van der Waals surface area contributed by atoms with Gasteiger partial charge in [0.1, 0.15) is 12.0 Å². The summed E-state index contributed by atoms with van der Waals surface area (Å²) in [5, 5.41) is 0. The quantitative estimate of drug-likeness (QED) is 0.499. The molecule has 1 aromatic rings. The molecule has 1 saturated carbocycles. The van der Waals surface area contributed by atoms with Gasteiger partial charge in [0, 0.05) is 17.4 Å². The third kappa shape index (κ3) is 4.30. The lowest BCUT2D eigenvalue weighted by molar-refractivity contribution is -0.0186. The number of nitrogens with zero attached hydrogens (tertiary/aromatic N) is 2. The highest BCUT2D eigenvalue weighted by atomic mass is 32.9. The van der Waals surface area contributed by atoms with Crippen molar-refractivity contribution in [2.75, 3.05) is 5.73 Å². The van der Waals surface area contributed by atoms with Crippen molar-refractivity contribution in [1.82, 2.24) is 9.55 Å². The summed E-state index contributed by atoms with van der Waals surface area (Å²) in [5.74, 6) is 0.682. The van der Waals surface area contributed by atoms with E-state index in [2.05, 4.69) is 25.4 Å². The third-order valence-corrected chi connectivity index (χ3v) is 12.2. The number of allylic oxidation sites excluding steroid dienone is 1. The van der Waals surface area contributed by atoms with Gasteiger partial charge in [-0.15, -0.1) is 0 Å². The van der Waals surface area contributed by atoms with E-state index in [9.17, 15) is 4.79 Å². The molecular weight excluding hydrogens is 441 g/mol. The highest BCUT2D eigenvalue weighted by Crippen LogP contribution is 2.76. The van der Waals surface area contributed by atoms with Crippen molar-refractivity contribution in [1.29, 1.82) is 0 Å². The van der Waals surface area contributed by atoms with Crippen molar-refractivity contribution < 1.29 is 13.8 Å². The van der Waals surface area contributed by atoms with Crippen LogP contribution in [-0.4, -0.2) is 32.6 Å². The zero-order valence-electron chi connectivity index (χ0n) is 17.7. The Bertz CT molecular complexity index is 941. The molecule has 0 amide bonds. The first-order valence-electron chi connectivity index (χ1n) is 10.5. The number of aromatic nitrogens is 2. The van der Waals surface area contributed by atoms with Crippen LogP contribution in [0.25, 0.3) is 0 Å². The second-order valence-electron chi connectivity index (χ2n) is 8.72. The Morgan fingerprint density at radius 2 is 2.33 bits per heavy atom. The molecule has 2 saturated heterocycles. The fourth-order valence-corrected chi connectivity index (χ4v) is 12.2. The lowest BCUT2D eigenvalue weighted by atomic mass is 9.77. The molecule has 0 unspecified atom stereocenters. The van der Waals surface area contributed by atoms with E-state index in [1.165, 1.54) is 10.1 Å². The zero-order chi connectivity index (χ0) is 21.7. The normalized spacial score (nSPS) is 41.0. The van der Waals surface area contributed by atoms with E-state index < -0.39 is 17.6 Å². The van der Waals surface area contributed by atoms with E-state index >= 15 is 0 Å². The van der Waals surface area contributed by atoms with Crippen LogP contribution in [-0.2, 0) is 25.6 Å². The van der Waals surface area contributed by atoms with E-state index in [0.717, 1.165) is 25.7 Å². The maximum atomic E-state index is 12.2. The highest BCUT2D eigenvalue weighted by Gasteiger charge is 2.54. The predicted octanol–water partition coefficient (Wildman–Crippen LogP) is 4.40. The van der Waals surface area contributed by atoms with E-state index in [1.54, 1.807) is 23.6 Å². The molecule has 2 N–H and O–H groups in total. The summed E-state index contributed by atoms with van der Waals surface area (Å²) in [6.07, 6.45) is 5.31. The molecule has 7 atom stereocenters. The number of ether oxygens (including phenoxy) is 1. The largest absolute Gasteiger partial charge is 0.383 e. The minimum Gasteiger partial charge on any atom is -0.383 e. The minimum atomic E-state index is -2.52. The lowest BCUT2D eigenvalue weighted by Gasteiger charge is -2.37. The molecular formula is C20H30N3O4PS2. The van der Waals surface area contributed by atoms with Crippen molar-refractivity contribution >= 4 is 34.7 Å². The molecule has 7 nitrogen and oxygen atoms in total. The Morgan fingerprint density at radius 1 is 1.57 bits per heavy atom. The van der Waals surface area contributed by atoms with Gasteiger partial charge in [-0.05, 0) is 63.3 Å². The highest BCUT2D eigenvalue weighted by molar-refractivity contribution is 8.68. The average Bonchev–Trinajstić information content (AvgIpc) is 3.17. The molecule has 1 aliphatic carbocycles.